The van der Waals surface area contributed by atoms with Crippen molar-refractivity contribution in [3.05, 3.63) is 0 Å². The van der Waals surface area contributed by atoms with E-state index in [0.29, 0.717) is 0 Å². The molecular formula is C12H25N. The Hall–Kier alpha value is -0.0400. The fraction of sp³-hybridized carbons (Fsp3) is 1.00. The number of rotatable bonds is 7. The fourth-order valence-corrected chi connectivity index (χ4v) is 1.80. The molecule has 0 spiro atoms. The van der Waals surface area contributed by atoms with E-state index in [0.717, 1.165) is 17.9 Å². The molecule has 1 heteroatoms. The normalized spacial score (nSPS) is 19.4. The molecule has 1 aliphatic carbocycles. The summed E-state index contributed by atoms with van der Waals surface area (Å²) in [6, 6.07) is 0.750. The van der Waals surface area contributed by atoms with Crippen LogP contribution in [0.4, 0.5) is 0 Å². The molecule has 1 nitrogen and oxygen atoms in total. The summed E-state index contributed by atoms with van der Waals surface area (Å²) in [5, 5.41) is 3.61. The lowest BCUT2D eigenvalue weighted by atomic mass is 10.1. The first-order valence-electron chi connectivity index (χ1n) is 5.92. The lowest BCUT2D eigenvalue weighted by Gasteiger charge is -2.13. The van der Waals surface area contributed by atoms with Crippen LogP contribution in [0.5, 0.6) is 0 Å². The van der Waals surface area contributed by atoms with Crippen LogP contribution >= 0.6 is 0 Å². The van der Waals surface area contributed by atoms with Crippen LogP contribution in [0.1, 0.15) is 52.9 Å². The highest BCUT2D eigenvalue weighted by Crippen LogP contribution is 2.33. The molecule has 0 aromatic heterocycles. The van der Waals surface area contributed by atoms with Gasteiger partial charge >= 0.3 is 0 Å². The summed E-state index contributed by atoms with van der Waals surface area (Å²) in [7, 11) is 0. The molecule has 1 fully saturated rings. The maximum absolute atomic E-state index is 3.61. The monoisotopic (exact) mass is 183 g/mol. The van der Waals surface area contributed by atoms with E-state index in [1.807, 2.05) is 0 Å². The fourth-order valence-electron chi connectivity index (χ4n) is 1.80. The van der Waals surface area contributed by atoms with Crippen LogP contribution in [0, 0.1) is 11.8 Å². The number of nitrogens with one attached hydrogen (secondary N) is 1. The highest BCUT2D eigenvalue weighted by Gasteiger charge is 2.22. The van der Waals surface area contributed by atoms with Gasteiger partial charge in [-0.2, -0.15) is 0 Å². The first-order chi connectivity index (χ1) is 6.18. The van der Waals surface area contributed by atoms with Gasteiger partial charge in [-0.15, -0.1) is 0 Å². The molecule has 1 saturated carbocycles. The van der Waals surface area contributed by atoms with Crippen LogP contribution < -0.4 is 5.32 Å². The predicted molar refractivity (Wildman–Crippen MR) is 58.9 cm³/mol. The third-order valence-corrected chi connectivity index (χ3v) is 2.83. The summed E-state index contributed by atoms with van der Waals surface area (Å²) in [4.78, 5) is 0. The Labute approximate surface area is 83.3 Å². The van der Waals surface area contributed by atoms with Crippen LogP contribution in [0.2, 0.25) is 0 Å². The van der Waals surface area contributed by atoms with E-state index < -0.39 is 0 Å². The lowest BCUT2D eigenvalue weighted by Crippen LogP contribution is -2.27. The van der Waals surface area contributed by atoms with Crippen molar-refractivity contribution in [3.63, 3.8) is 0 Å². The van der Waals surface area contributed by atoms with E-state index in [2.05, 4.69) is 26.1 Å². The molecule has 0 radical (unpaired) electrons. The Balaban J connectivity index is 1.85. The molecule has 0 aliphatic heterocycles. The Bertz CT molecular complexity index is 127. The summed E-state index contributed by atoms with van der Waals surface area (Å²) in [6.45, 7) is 8.14. The zero-order chi connectivity index (χ0) is 9.68. The van der Waals surface area contributed by atoms with Crippen molar-refractivity contribution in [2.75, 3.05) is 6.54 Å². The molecule has 78 valence electrons. The molecular weight excluding hydrogens is 158 g/mol. The average Bonchev–Trinajstić information content (AvgIpc) is 2.81. The highest BCUT2D eigenvalue weighted by atomic mass is 14.9. The minimum Gasteiger partial charge on any atom is -0.314 e. The van der Waals surface area contributed by atoms with E-state index in [1.54, 1.807) is 0 Å². The summed E-state index contributed by atoms with van der Waals surface area (Å²) in [5.74, 6) is 1.92. The average molecular weight is 183 g/mol. The van der Waals surface area contributed by atoms with Crippen molar-refractivity contribution in [3.8, 4) is 0 Å². The minimum atomic E-state index is 0.750. The second kappa shape index (κ2) is 5.64. The lowest BCUT2D eigenvalue weighted by molar-refractivity contribution is 0.458. The van der Waals surface area contributed by atoms with Gasteiger partial charge in [0.15, 0.2) is 0 Å². The quantitative estimate of drug-likeness (QED) is 0.598. The number of hydrogen-bond donors (Lipinski definition) is 1. The Morgan fingerprint density at radius 3 is 2.46 bits per heavy atom. The van der Waals surface area contributed by atoms with Crippen LogP contribution in [-0.4, -0.2) is 12.6 Å². The Kier molecular flexibility index (Phi) is 4.79. The second-order valence-corrected chi connectivity index (χ2v) is 5.07. The highest BCUT2D eigenvalue weighted by molar-refractivity contribution is 4.77. The second-order valence-electron chi connectivity index (χ2n) is 5.07. The van der Waals surface area contributed by atoms with Crippen LogP contribution in [0.15, 0.2) is 0 Å². The van der Waals surface area contributed by atoms with E-state index in [1.165, 1.54) is 38.6 Å². The summed E-state index contributed by atoms with van der Waals surface area (Å²) < 4.78 is 0. The Morgan fingerprint density at radius 2 is 1.92 bits per heavy atom. The van der Waals surface area contributed by atoms with Crippen molar-refractivity contribution in [2.45, 2.75) is 58.9 Å². The largest absolute Gasteiger partial charge is 0.314 e. The van der Waals surface area contributed by atoms with Crippen molar-refractivity contribution in [1.29, 1.82) is 0 Å². The molecule has 13 heavy (non-hydrogen) atoms. The molecule has 1 unspecified atom stereocenters. The predicted octanol–water partition coefficient (Wildman–Crippen LogP) is 3.20. The topological polar surface area (TPSA) is 12.0 Å². The van der Waals surface area contributed by atoms with Gasteiger partial charge in [0.2, 0.25) is 0 Å². The van der Waals surface area contributed by atoms with E-state index in [4.69, 9.17) is 0 Å². The van der Waals surface area contributed by atoms with Gasteiger partial charge in [-0.3, -0.25) is 0 Å². The maximum Gasteiger partial charge on any atom is 0.00413 e. The van der Waals surface area contributed by atoms with Crippen molar-refractivity contribution in [1.82, 2.24) is 5.32 Å². The summed E-state index contributed by atoms with van der Waals surface area (Å²) in [5.41, 5.74) is 0. The maximum atomic E-state index is 3.61. The molecule has 1 aliphatic rings. The van der Waals surface area contributed by atoms with Gasteiger partial charge in [0.25, 0.3) is 0 Å². The molecule has 0 heterocycles. The van der Waals surface area contributed by atoms with Gasteiger partial charge in [0, 0.05) is 6.04 Å². The van der Waals surface area contributed by atoms with Crippen molar-refractivity contribution < 1.29 is 0 Å². The number of hydrogen-bond acceptors (Lipinski definition) is 1. The minimum absolute atomic E-state index is 0.750. The molecule has 0 saturated heterocycles. The summed E-state index contributed by atoms with van der Waals surface area (Å²) >= 11 is 0. The third kappa shape index (κ3) is 6.09. The van der Waals surface area contributed by atoms with Gasteiger partial charge in [0.05, 0.1) is 0 Å². The molecule has 0 aromatic carbocycles. The molecule has 0 aromatic rings. The van der Waals surface area contributed by atoms with Crippen molar-refractivity contribution >= 4 is 0 Å². The van der Waals surface area contributed by atoms with E-state index >= 15 is 0 Å². The molecule has 0 bridgehead atoms. The first kappa shape index (κ1) is 11.0. The van der Waals surface area contributed by atoms with E-state index in [9.17, 15) is 0 Å². The molecule has 1 N–H and O–H groups in total. The molecule has 1 rings (SSSR count). The first-order valence-corrected chi connectivity index (χ1v) is 5.92. The van der Waals surface area contributed by atoms with Crippen LogP contribution in [0.3, 0.4) is 0 Å². The van der Waals surface area contributed by atoms with Crippen LogP contribution in [-0.2, 0) is 0 Å². The standard InChI is InChI=1S/C12H25N/c1-10(2)5-4-8-13-11(3)9-12-6-7-12/h10-13H,4-9H2,1-3H3. The summed E-state index contributed by atoms with van der Waals surface area (Å²) in [6.07, 6.45) is 7.08. The van der Waals surface area contributed by atoms with Crippen molar-refractivity contribution in [2.24, 2.45) is 11.8 Å². The van der Waals surface area contributed by atoms with Gasteiger partial charge in [-0.1, -0.05) is 26.7 Å². The smallest absolute Gasteiger partial charge is 0.00413 e. The van der Waals surface area contributed by atoms with Gasteiger partial charge in [-0.25, -0.2) is 0 Å². The van der Waals surface area contributed by atoms with Crippen LogP contribution in [0.25, 0.3) is 0 Å². The molecule has 1 atom stereocenters. The zero-order valence-corrected chi connectivity index (χ0v) is 9.47. The third-order valence-electron chi connectivity index (χ3n) is 2.83. The van der Waals surface area contributed by atoms with Gasteiger partial charge < -0.3 is 5.32 Å². The van der Waals surface area contributed by atoms with Gasteiger partial charge in [0.1, 0.15) is 0 Å². The SMILES string of the molecule is CC(C)CCCNC(C)CC1CC1. The van der Waals surface area contributed by atoms with E-state index in [-0.39, 0.29) is 0 Å². The molecule has 0 amide bonds. The Morgan fingerprint density at radius 1 is 1.23 bits per heavy atom. The zero-order valence-electron chi connectivity index (χ0n) is 9.47. The van der Waals surface area contributed by atoms with Gasteiger partial charge in [-0.05, 0) is 44.6 Å².